The third-order valence-corrected chi connectivity index (χ3v) is 8.33. The molecule has 41 heavy (non-hydrogen) atoms. The first kappa shape index (κ1) is 43.4. The summed E-state index contributed by atoms with van der Waals surface area (Å²) in [6.07, 6.45) is 0. The van der Waals surface area contributed by atoms with Crippen molar-refractivity contribution in [2.24, 2.45) is 10.2 Å². The minimum Gasteiger partial charge on any atom is -0.744 e. The van der Waals surface area contributed by atoms with Gasteiger partial charge < -0.3 is 19.5 Å². The van der Waals surface area contributed by atoms with Gasteiger partial charge in [0.15, 0.2) is 22.2 Å². The van der Waals surface area contributed by atoms with Crippen LogP contribution in [0, 0.1) is 0 Å². The Hall–Kier alpha value is 0.280. The number of fused-ring (bicyclic) bond motifs is 1. The second-order valence-electron chi connectivity index (χ2n) is 6.90. The fraction of sp³-hybridized carbons (Fsp3) is 0.158. The second-order valence-corrected chi connectivity index (χ2v) is 12.2. The quantitative estimate of drug-likeness (QED) is 0.0377. The van der Waals surface area contributed by atoms with Crippen molar-refractivity contribution in [3.8, 4) is 5.75 Å². The predicted octanol–water partition coefficient (Wildman–Crippen LogP) is -7.01. The normalized spacial score (nSPS) is 11.7. The zero-order chi connectivity index (χ0) is 27.4. The van der Waals surface area contributed by atoms with Gasteiger partial charge >= 0.3 is 88.7 Å². The van der Waals surface area contributed by atoms with Gasteiger partial charge in [-0.15, -0.1) is 14.6 Å². The number of phenols is 1. The summed E-state index contributed by atoms with van der Waals surface area (Å²) in [5.74, 6) is -1.14. The van der Waals surface area contributed by atoms with Crippen LogP contribution in [0.15, 0.2) is 73.4 Å². The van der Waals surface area contributed by atoms with E-state index >= 15 is 0 Å². The summed E-state index contributed by atoms with van der Waals surface area (Å²) in [5, 5.41) is 30.6. The van der Waals surface area contributed by atoms with Crippen molar-refractivity contribution in [1.82, 2.24) is 0 Å². The molecule has 0 atom stereocenters. The standard InChI is InChI=1S/C18H16N2O13S4.CH4.3Na/c21-16-6-1-11-9-13(36(25,26)27)2-4-14(11)18(16)20-19-15-5-3-12(10-17(15)37(28,29)30)35(23,24)8-7-31-34-33-32-22;;;;/h1-6,9-10,21-22H,7-8H2,(H,25,26,27)(H,28,29,30);1H4;;;/q;;3*+1/p-3. The number of benzene rings is 3. The van der Waals surface area contributed by atoms with E-state index in [0.717, 1.165) is 30.3 Å². The zero-order valence-corrected chi connectivity index (χ0v) is 30.2. The topological polar surface area (TPSA) is 244 Å². The van der Waals surface area contributed by atoms with Gasteiger partial charge in [-0.1, -0.05) is 19.6 Å². The van der Waals surface area contributed by atoms with E-state index in [1.165, 1.54) is 12.1 Å². The van der Waals surface area contributed by atoms with Gasteiger partial charge in [0.25, 0.3) is 0 Å². The van der Waals surface area contributed by atoms with Gasteiger partial charge in [-0.05, 0) is 41.8 Å². The van der Waals surface area contributed by atoms with Crippen LogP contribution in [0.4, 0.5) is 11.4 Å². The van der Waals surface area contributed by atoms with Gasteiger partial charge in [0.1, 0.15) is 37.4 Å². The monoisotopic (exact) mass is 678 g/mol. The Balaban J connectivity index is 0. The maximum absolute atomic E-state index is 12.5. The van der Waals surface area contributed by atoms with Crippen LogP contribution in [-0.2, 0) is 43.6 Å². The maximum atomic E-state index is 12.5. The minimum atomic E-state index is -5.27. The molecule has 3 rings (SSSR count). The number of rotatable bonds is 11. The van der Waals surface area contributed by atoms with Crippen LogP contribution in [0.25, 0.3) is 10.8 Å². The number of aromatic hydroxyl groups is 1. The van der Waals surface area contributed by atoms with Crippen LogP contribution in [-0.4, -0.2) is 51.8 Å². The predicted molar refractivity (Wildman–Crippen MR) is 127 cm³/mol. The average Bonchev–Trinajstić information content (AvgIpc) is 2.81. The van der Waals surface area contributed by atoms with Crippen molar-refractivity contribution in [3.63, 3.8) is 0 Å². The van der Waals surface area contributed by atoms with E-state index in [1.807, 2.05) is 0 Å². The van der Waals surface area contributed by atoms with Crippen LogP contribution in [0.3, 0.4) is 0 Å². The first-order chi connectivity index (χ1) is 17.2. The molecular weight excluding hydrogens is 661 g/mol. The van der Waals surface area contributed by atoms with E-state index in [9.17, 15) is 44.7 Å². The van der Waals surface area contributed by atoms with Gasteiger partial charge in [0.2, 0.25) is 0 Å². The SMILES string of the molecule is C.O=S(=O)([O-])c1ccc2c(N=Nc3ccc(S(=O)(=O)CCOSOO[O-])cc3S(=O)(=O)[O-])c(O)ccc2c1.[Na+].[Na+].[Na+]. The number of hydrogen-bond acceptors (Lipinski definition) is 16. The summed E-state index contributed by atoms with van der Waals surface area (Å²) in [4.78, 5) is -2.13. The van der Waals surface area contributed by atoms with Crippen molar-refractivity contribution < 1.29 is 147 Å². The molecule has 15 nitrogen and oxygen atoms in total. The van der Waals surface area contributed by atoms with Crippen LogP contribution in [0.5, 0.6) is 5.75 Å². The number of azo groups is 1. The summed E-state index contributed by atoms with van der Waals surface area (Å²) < 4.78 is 103. The van der Waals surface area contributed by atoms with E-state index in [1.54, 1.807) is 0 Å². The van der Waals surface area contributed by atoms with Crippen molar-refractivity contribution in [1.29, 1.82) is 0 Å². The third-order valence-electron chi connectivity index (χ3n) is 4.59. The molecule has 0 radical (unpaired) electrons. The molecule has 22 heteroatoms. The van der Waals surface area contributed by atoms with Crippen LogP contribution >= 0.6 is 12.3 Å². The molecule has 0 fully saturated rings. The van der Waals surface area contributed by atoms with Gasteiger partial charge in [-0.25, -0.2) is 25.3 Å². The summed E-state index contributed by atoms with van der Waals surface area (Å²) >= 11 is 0.0691. The Morgan fingerprint density at radius 3 is 2.05 bits per heavy atom. The summed E-state index contributed by atoms with van der Waals surface area (Å²) in [5.41, 5.74) is -0.811. The summed E-state index contributed by atoms with van der Waals surface area (Å²) in [6, 6.07) is 8.02. The zero-order valence-electron chi connectivity index (χ0n) is 20.9. The van der Waals surface area contributed by atoms with Gasteiger partial charge in [-0.2, -0.15) is 0 Å². The van der Waals surface area contributed by atoms with E-state index in [4.69, 9.17) is 0 Å². The van der Waals surface area contributed by atoms with Crippen LogP contribution < -0.4 is 93.9 Å². The molecule has 0 amide bonds. The van der Waals surface area contributed by atoms with Gasteiger partial charge in [0.05, 0.1) is 27.0 Å². The van der Waals surface area contributed by atoms with Crippen molar-refractivity contribution in [3.05, 3.63) is 48.5 Å². The summed E-state index contributed by atoms with van der Waals surface area (Å²) in [7, 11) is -14.2. The van der Waals surface area contributed by atoms with E-state index in [-0.39, 0.29) is 125 Å². The average molecular weight is 679 g/mol. The molecule has 0 aliphatic rings. The molecule has 0 bridgehead atoms. The molecule has 0 heterocycles. The smallest absolute Gasteiger partial charge is 0.744 e. The molecule has 208 valence electrons. The molecule has 0 spiro atoms. The van der Waals surface area contributed by atoms with Gasteiger partial charge in [-0.3, -0.25) is 9.22 Å². The van der Waals surface area contributed by atoms with Crippen molar-refractivity contribution in [2.75, 3.05) is 12.4 Å². The molecule has 0 aliphatic carbocycles. The third kappa shape index (κ3) is 12.0. The first-order valence-electron chi connectivity index (χ1n) is 9.45. The molecule has 0 aliphatic heterocycles. The maximum Gasteiger partial charge on any atom is 1.00 e. The molecule has 0 unspecified atom stereocenters. The van der Waals surface area contributed by atoms with E-state index in [0.29, 0.717) is 6.07 Å². The Labute approximate surface area is 306 Å². The molecule has 3 aromatic carbocycles. The van der Waals surface area contributed by atoms with Crippen molar-refractivity contribution in [2.45, 2.75) is 22.1 Å². The molecule has 0 saturated carbocycles. The molecular formula is C19H17N2Na3O13S4. The Bertz CT molecular complexity index is 1690. The number of hydrogen-bond donors (Lipinski definition) is 1. The Kier molecular flexibility index (Phi) is 19.4. The largest absolute Gasteiger partial charge is 1.00 e. The molecule has 1 N–H and O–H groups in total. The van der Waals surface area contributed by atoms with Gasteiger partial charge in [0, 0.05) is 5.39 Å². The fourth-order valence-electron chi connectivity index (χ4n) is 2.94. The minimum absolute atomic E-state index is 0. The summed E-state index contributed by atoms with van der Waals surface area (Å²) in [6.45, 7) is -0.493. The van der Waals surface area contributed by atoms with Crippen molar-refractivity contribution >= 4 is 64.5 Å². The first-order valence-corrected chi connectivity index (χ1v) is 14.6. The van der Waals surface area contributed by atoms with E-state index < -0.39 is 68.6 Å². The van der Waals surface area contributed by atoms with Crippen LogP contribution in [0.1, 0.15) is 7.43 Å². The van der Waals surface area contributed by atoms with E-state index in [2.05, 4.69) is 23.8 Å². The number of nitrogens with zero attached hydrogens (tertiary/aromatic N) is 2. The fourth-order valence-corrected chi connectivity index (χ4v) is 5.59. The molecule has 3 aromatic rings. The second kappa shape index (κ2) is 18.3. The Morgan fingerprint density at radius 1 is 0.829 bits per heavy atom. The number of phenolic OH excluding ortho intramolecular Hbond substituents is 1. The van der Waals surface area contributed by atoms with Crippen LogP contribution in [0.2, 0.25) is 0 Å². The Morgan fingerprint density at radius 2 is 1.46 bits per heavy atom. The molecule has 0 saturated heterocycles. The number of sulfone groups is 1. The molecule has 0 aromatic heterocycles.